The number of aromatic nitrogens is 2. The van der Waals surface area contributed by atoms with E-state index in [9.17, 15) is 15.3 Å². The van der Waals surface area contributed by atoms with Crippen molar-refractivity contribution in [3.63, 3.8) is 0 Å². The highest BCUT2D eigenvalue weighted by molar-refractivity contribution is 5.67. The van der Waals surface area contributed by atoms with E-state index in [1.165, 1.54) is 68.1 Å². The van der Waals surface area contributed by atoms with E-state index < -0.39 is 0 Å². The van der Waals surface area contributed by atoms with E-state index in [4.69, 9.17) is 9.97 Å². The first kappa shape index (κ1) is 35.1. The first-order chi connectivity index (χ1) is 25.4. The van der Waals surface area contributed by atoms with Crippen molar-refractivity contribution in [1.82, 2.24) is 19.8 Å². The number of hydrogen-bond donors (Lipinski definition) is 3. The van der Waals surface area contributed by atoms with Crippen LogP contribution in [0.5, 0.6) is 17.2 Å². The summed E-state index contributed by atoms with van der Waals surface area (Å²) in [4.78, 5) is 14.9. The molecule has 1 saturated heterocycles. The van der Waals surface area contributed by atoms with E-state index in [1.54, 1.807) is 6.07 Å². The third kappa shape index (κ3) is 7.72. The predicted molar refractivity (Wildman–Crippen MR) is 208 cm³/mol. The van der Waals surface area contributed by atoms with Gasteiger partial charge in [0.2, 0.25) is 0 Å². The van der Waals surface area contributed by atoms with Crippen LogP contribution in [0.15, 0.2) is 60.9 Å². The highest BCUT2D eigenvalue weighted by Crippen LogP contribution is 2.47. The van der Waals surface area contributed by atoms with E-state index in [0.29, 0.717) is 29.7 Å². The standard InChI is InChI=1S/C45H56N4O3/c1-2-7-38-39(33-12-13-33)24-34(26-43(38)50)41-22-30(14-18-46-41)28-48-20-16-37(17-21-48)49(36-10-4-3-5-11-36)29-31-15-19-47-42(23-31)35-25-40(32-8-6-9-32)45(52)44(51)27-35/h14-15,18-19,22-27,32-33,36-37,50-52H,2-13,16-17,20-21,28-29H2,1H3. The molecule has 3 saturated carbocycles. The second-order valence-corrected chi connectivity index (χ2v) is 16.2. The molecule has 3 aliphatic carbocycles. The molecule has 0 bridgehead atoms. The van der Waals surface area contributed by atoms with Crippen LogP contribution >= 0.6 is 0 Å². The Bertz CT molecular complexity index is 1850. The Morgan fingerprint density at radius 3 is 1.92 bits per heavy atom. The molecule has 2 aromatic heterocycles. The normalized spacial score (nSPS) is 19.3. The Balaban J connectivity index is 0.952. The average molecular weight is 701 g/mol. The Kier molecular flexibility index (Phi) is 10.5. The lowest BCUT2D eigenvalue weighted by molar-refractivity contribution is 0.0488. The monoisotopic (exact) mass is 700 g/mol. The third-order valence-electron chi connectivity index (χ3n) is 12.5. The van der Waals surface area contributed by atoms with Gasteiger partial charge in [-0.2, -0.15) is 0 Å². The van der Waals surface area contributed by atoms with Crippen molar-refractivity contribution in [3.8, 4) is 39.8 Å². The summed E-state index contributed by atoms with van der Waals surface area (Å²) >= 11 is 0. The molecule has 7 nitrogen and oxygen atoms in total. The maximum Gasteiger partial charge on any atom is 0.160 e. The highest BCUT2D eigenvalue weighted by atomic mass is 16.3. The Morgan fingerprint density at radius 1 is 0.654 bits per heavy atom. The molecule has 7 heteroatoms. The van der Waals surface area contributed by atoms with Gasteiger partial charge in [0, 0.05) is 54.3 Å². The van der Waals surface area contributed by atoms with Crippen LogP contribution in [0.2, 0.25) is 0 Å². The zero-order valence-corrected chi connectivity index (χ0v) is 30.9. The zero-order valence-electron chi connectivity index (χ0n) is 30.9. The van der Waals surface area contributed by atoms with Crippen LogP contribution in [0, 0.1) is 0 Å². The van der Waals surface area contributed by atoms with Gasteiger partial charge in [-0.3, -0.25) is 19.8 Å². The molecule has 4 aliphatic rings. The molecule has 274 valence electrons. The minimum Gasteiger partial charge on any atom is -0.508 e. The molecule has 0 atom stereocenters. The lowest BCUT2D eigenvalue weighted by atomic mass is 9.79. The summed E-state index contributed by atoms with van der Waals surface area (Å²) < 4.78 is 0. The van der Waals surface area contributed by atoms with Crippen LogP contribution in [-0.4, -0.2) is 60.3 Å². The van der Waals surface area contributed by atoms with Gasteiger partial charge >= 0.3 is 0 Å². The number of phenolic OH excluding ortho intramolecular Hbond substituents is 3. The van der Waals surface area contributed by atoms with Gasteiger partial charge in [-0.05, 0) is 153 Å². The van der Waals surface area contributed by atoms with Gasteiger partial charge in [0.1, 0.15) is 5.75 Å². The summed E-state index contributed by atoms with van der Waals surface area (Å²) in [5, 5.41) is 32.2. The molecule has 4 fully saturated rings. The molecule has 3 heterocycles. The van der Waals surface area contributed by atoms with Gasteiger partial charge in [0.25, 0.3) is 0 Å². The molecule has 52 heavy (non-hydrogen) atoms. The summed E-state index contributed by atoms with van der Waals surface area (Å²) in [7, 11) is 0. The molecular formula is C45H56N4O3. The number of pyridine rings is 2. The SMILES string of the molecule is CCCc1c(O)cc(-c2cc(CN3CCC(N(Cc4ccnc(-c5cc(O)c(O)c(C6CCC6)c5)c4)C4CCCCC4)CC3)ccn2)cc1C1CC1. The molecular weight excluding hydrogens is 645 g/mol. The molecule has 0 spiro atoms. The van der Waals surface area contributed by atoms with Gasteiger partial charge in [-0.25, -0.2) is 0 Å². The van der Waals surface area contributed by atoms with Gasteiger partial charge in [0.05, 0.1) is 11.4 Å². The Hall–Kier alpha value is -3.94. The maximum absolute atomic E-state index is 11.0. The Labute approximate surface area is 309 Å². The van der Waals surface area contributed by atoms with Gasteiger partial charge in [0.15, 0.2) is 11.5 Å². The van der Waals surface area contributed by atoms with E-state index in [-0.39, 0.29) is 11.5 Å². The van der Waals surface area contributed by atoms with Crippen LogP contribution in [0.3, 0.4) is 0 Å². The largest absolute Gasteiger partial charge is 0.508 e. The smallest absolute Gasteiger partial charge is 0.160 e. The Morgan fingerprint density at radius 2 is 1.27 bits per heavy atom. The number of aromatic hydroxyl groups is 3. The molecule has 8 rings (SSSR count). The fourth-order valence-corrected chi connectivity index (χ4v) is 9.24. The minimum absolute atomic E-state index is 0.0311. The second kappa shape index (κ2) is 15.6. The fraction of sp³-hybridized carbons (Fsp3) is 0.511. The van der Waals surface area contributed by atoms with Crippen molar-refractivity contribution in [3.05, 3.63) is 88.7 Å². The summed E-state index contributed by atoms with van der Waals surface area (Å²) in [6, 6.07) is 17.8. The van der Waals surface area contributed by atoms with Crippen molar-refractivity contribution < 1.29 is 15.3 Å². The number of piperidine rings is 1. The number of phenols is 3. The zero-order chi connectivity index (χ0) is 35.6. The fourth-order valence-electron chi connectivity index (χ4n) is 9.24. The van der Waals surface area contributed by atoms with E-state index >= 15 is 0 Å². The summed E-state index contributed by atoms with van der Waals surface area (Å²) in [5.41, 5.74) is 9.59. The van der Waals surface area contributed by atoms with Gasteiger partial charge in [-0.1, -0.05) is 39.0 Å². The summed E-state index contributed by atoms with van der Waals surface area (Å²) in [5.74, 6) is 1.32. The minimum atomic E-state index is -0.0479. The van der Waals surface area contributed by atoms with Crippen LogP contribution in [0.25, 0.3) is 22.5 Å². The molecule has 0 unspecified atom stereocenters. The van der Waals surface area contributed by atoms with Crippen molar-refractivity contribution in [2.45, 2.75) is 134 Å². The van der Waals surface area contributed by atoms with Gasteiger partial charge in [-0.15, -0.1) is 0 Å². The summed E-state index contributed by atoms with van der Waals surface area (Å²) in [6.07, 6.45) is 20.3. The third-order valence-corrected chi connectivity index (χ3v) is 12.5. The number of rotatable bonds is 12. The molecule has 1 aliphatic heterocycles. The topological polar surface area (TPSA) is 93.0 Å². The molecule has 3 N–H and O–H groups in total. The lowest BCUT2D eigenvalue weighted by Gasteiger charge is -2.44. The number of benzene rings is 2. The maximum atomic E-state index is 11.0. The second-order valence-electron chi connectivity index (χ2n) is 16.2. The van der Waals surface area contributed by atoms with Crippen molar-refractivity contribution >= 4 is 0 Å². The van der Waals surface area contributed by atoms with Crippen LogP contribution in [0.4, 0.5) is 0 Å². The average Bonchev–Trinajstić information content (AvgIpc) is 3.99. The number of hydrogen-bond acceptors (Lipinski definition) is 7. The molecule has 4 aromatic rings. The van der Waals surface area contributed by atoms with Crippen molar-refractivity contribution in [2.75, 3.05) is 13.1 Å². The van der Waals surface area contributed by atoms with Crippen LogP contribution in [-0.2, 0) is 19.5 Å². The van der Waals surface area contributed by atoms with E-state index in [2.05, 4.69) is 47.1 Å². The number of likely N-dealkylation sites (tertiary alicyclic amines) is 1. The lowest BCUT2D eigenvalue weighted by Crippen LogP contribution is -2.49. The van der Waals surface area contributed by atoms with Crippen LogP contribution in [0.1, 0.15) is 130 Å². The predicted octanol–water partition coefficient (Wildman–Crippen LogP) is 9.82. The quantitative estimate of drug-likeness (QED) is 0.127. The molecule has 0 radical (unpaired) electrons. The summed E-state index contributed by atoms with van der Waals surface area (Å²) in [6.45, 7) is 6.15. The first-order valence-corrected chi connectivity index (χ1v) is 20.2. The first-order valence-electron chi connectivity index (χ1n) is 20.2. The van der Waals surface area contributed by atoms with Gasteiger partial charge < -0.3 is 15.3 Å². The van der Waals surface area contributed by atoms with E-state index in [0.717, 1.165) is 98.3 Å². The van der Waals surface area contributed by atoms with Crippen LogP contribution < -0.4 is 0 Å². The highest BCUT2D eigenvalue weighted by Gasteiger charge is 2.32. The molecule has 2 aromatic carbocycles. The molecule has 0 amide bonds. The van der Waals surface area contributed by atoms with Crippen molar-refractivity contribution in [1.29, 1.82) is 0 Å². The number of nitrogens with zero attached hydrogens (tertiary/aromatic N) is 4. The van der Waals surface area contributed by atoms with Crippen molar-refractivity contribution in [2.24, 2.45) is 0 Å². The van der Waals surface area contributed by atoms with E-state index in [1.807, 2.05) is 24.5 Å².